The van der Waals surface area contributed by atoms with Gasteiger partial charge in [-0.1, -0.05) is 26.7 Å². The summed E-state index contributed by atoms with van der Waals surface area (Å²) in [6.45, 7) is 7.58. The first-order chi connectivity index (χ1) is 17.8. The van der Waals surface area contributed by atoms with Gasteiger partial charge < -0.3 is 29.9 Å². The number of unbranched alkanes of at least 4 members (excludes halogenated alkanes) is 2. The number of nitrogens with one attached hydrogen (secondary N) is 1. The van der Waals surface area contributed by atoms with Crippen molar-refractivity contribution >= 4 is 17.8 Å². The smallest absolute Gasteiger partial charge is 0.308 e. The SMILES string of the molecule is CCCCN(CCCC)C(=O)CN1C[C@H](c2cc(CO)c3c(c2)OCO3)[C@@H](C(=O)O)[C@@H]1CCNC(C)=O. The monoisotopic (exact) mass is 519 g/mol. The van der Waals surface area contributed by atoms with E-state index in [2.05, 4.69) is 19.2 Å². The number of amides is 2. The number of aliphatic carboxylic acids is 1. The van der Waals surface area contributed by atoms with Gasteiger partial charge in [0.1, 0.15) is 0 Å². The zero-order chi connectivity index (χ0) is 26.9. The quantitative estimate of drug-likeness (QED) is 0.342. The summed E-state index contributed by atoms with van der Waals surface area (Å²) in [6, 6.07) is 3.12. The predicted molar refractivity (Wildman–Crippen MR) is 137 cm³/mol. The molecule has 0 bridgehead atoms. The van der Waals surface area contributed by atoms with Crippen LogP contribution in [0, 0.1) is 5.92 Å². The Kier molecular flexibility index (Phi) is 10.6. The van der Waals surface area contributed by atoms with Crippen LogP contribution in [0.4, 0.5) is 0 Å². The van der Waals surface area contributed by atoms with Crippen LogP contribution in [0.15, 0.2) is 12.1 Å². The number of hydrogen-bond acceptors (Lipinski definition) is 7. The molecule has 3 rings (SSSR count). The molecule has 2 aliphatic rings. The highest BCUT2D eigenvalue weighted by Crippen LogP contribution is 2.44. The van der Waals surface area contributed by atoms with E-state index < -0.39 is 23.8 Å². The second-order valence-corrected chi connectivity index (χ2v) is 9.90. The highest BCUT2D eigenvalue weighted by Gasteiger charge is 2.47. The molecule has 3 N–H and O–H groups in total. The highest BCUT2D eigenvalue weighted by atomic mass is 16.7. The number of carboxylic acid groups (broad SMARTS) is 1. The molecule has 0 saturated carbocycles. The second-order valence-electron chi connectivity index (χ2n) is 9.90. The molecule has 0 unspecified atom stereocenters. The fourth-order valence-electron chi connectivity index (χ4n) is 5.36. The Morgan fingerprint density at radius 1 is 1.14 bits per heavy atom. The molecule has 1 aromatic carbocycles. The average molecular weight is 520 g/mol. The van der Waals surface area contributed by atoms with Crippen molar-refractivity contribution in [3.05, 3.63) is 23.3 Å². The van der Waals surface area contributed by atoms with Crippen LogP contribution in [0.25, 0.3) is 0 Å². The first kappa shape index (κ1) is 28.7. The number of aliphatic hydroxyl groups excluding tert-OH is 1. The maximum atomic E-state index is 13.4. The third-order valence-electron chi connectivity index (χ3n) is 7.27. The summed E-state index contributed by atoms with van der Waals surface area (Å²) in [4.78, 5) is 41.4. The Labute approximate surface area is 218 Å². The molecule has 2 aliphatic heterocycles. The zero-order valence-electron chi connectivity index (χ0n) is 22.2. The lowest BCUT2D eigenvalue weighted by molar-refractivity contribution is -0.143. The number of aliphatic hydroxyl groups is 1. The van der Waals surface area contributed by atoms with Crippen LogP contribution in [0.2, 0.25) is 0 Å². The third kappa shape index (κ3) is 7.13. The fourth-order valence-corrected chi connectivity index (χ4v) is 5.36. The van der Waals surface area contributed by atoms with Crippen LogP contribution in [-0.4, -0.2) is 83.4 Å². The van der Waals surface area contributed by atoms with Crippen molar-refractivity contribution < 1.29 is 34.1 Å². The third-order valence-corrected chi connectivity index (χ3v) is 7.27. The molecule has 3 atom stereocenters. The minimum atomic E-state index is -0.954. The number of nitrogens with zero attached hydrogens (tertiary/aromatic N) is 2. The van der Waals surface area contributed by atoms with E-state index in [1.807, 2.05) is 9.80 Å². The highest BCUT2D eigenvalue weighted by molar-refractivity contribution is 5.79. The summed E-state index contributed by atoms with van der Waals surface area (Å²) in [5.41, 5.74) is 1.28. The van der Waals surface area contributed by atoms with Crippen LogP contribution < -0.4 is 14.8 Å². The van der Waals surface area contributed by atoms with Gasteiger partial charge in [0, 0.05) is 50.6 Å². The molecular formula is C27H41N3O7. The maximum Gasteiger partial charge on any atom is 0.308 e. The van der Waals surface area contributed by atoms with Gasteiger partial charge in [0.15, 0.2) is 11.5 Å². The standard InChI is InChI=1S/C27H41N3O7/c1-4-6-10-29(11-7-5-2)24(33)15-30-14-21(25(27(34)35)22(30)8-9-28-18(3)32)19-12-20(16-31)26-23(13-19)36-17-37-26/h12-13,21-22,25,31H,4-11,14-17H2,1-3H3,(H,28,32)(H,34,35)/t21-,22+,25-/m1/s1. The molecule has 0 spiro atoms. The van der Waals surface area contributed by atoms with Crippen molar-refractivity contribution in [2.45, 2.75) is 71.4 Å². The van der Waals surface area contributed by atoms with Gasteiger partial charge in [-0.3, -0.25) is 19.3 Å². The molecule has 0 radical (unpaired) electrons. The van der Waals surface area contributed by atoms with Crippen LogP contribution >= 0.6 is 0 Å². The predicted octanol–water partition coefficient (Wildman–Crippen LogP) is 2.33. The van der Waals surface area contributed by atoms with E-state index in [9.17, 15) is 24.6 Å². The Balaban J connectivity index is 1.90. The normalized spacial score (nSPS) is 20.7. The molecule has 37 heavy (non-hydrogen) atoms. The van der Waals surface area contributed by atoms with E-state index in [4.69, 9.17) is 9.47 Å². The molecule has 1 saturated heterocycles. The van der Waals surface area contributed by atoms with E-state index >= 15 is 0 Å². The maximum absolute atomic E-state index is 13.4. The number of carbonyl (C=O) groups is 3. The molecule has 0 aliphatic carbocycles. The van der Waals surface area contributed by atoms with Crippen LogP contribution in [0.5, 0.6) is 11.5 Å². The number of ether oxygens (including phenoxy) is 2. The molecule has 2 amide bonds. The molecular weight excluding hydrogens is 478 g/mol. The van der Waals surface area contributed by atoms with Gasteiger partial charge in [0.05, 0.1) is 19.1 Å². The van der Waals surface area contributed by atoms with Gasteiger partial charge in [-0.25, -0.2) is 0 Å². The van der Waals surface area contributed by atoms with Crippen LogP contribution in [0.3, 0.4) is 0 Å². The molecule has 0 aromatic heterocycles. The van der Waals surface area contributed by atoms with E-state index in [1.165, 1.54) is 6.92 Å². The topological polar surface area (TPSA) is 129 Å². The second kappa shape index (κ2) is 13.6. The van der Waals surface area contributed by atoms with Crippen LogP contribution in [-0.2, 0) is 21.0 Å². The van der Waals surface area contributed by atoms with Crippen molar-refractivity contribution in [3.8, 4) is 11.5 Å². The summed E-state index contributed by atoms with van der Waals surface area (Å²) in [7, 11) is 0. The number of likely N-dealkylation sites (tertiary alicyclic amines) is 1. The van der Waals surface area contributed by atoms with Crippen molar-refractivity contribution in [2.75, 3.05) is 39.5 Å². The lowest BCUT2D eigenvalue weighted by Crippen LogP contribution is -2.45. The van der Waals surface area contributed by atoms with Gasteiger partial charge in [-0.2, -0.15) is 0 Å². The van der Waals surface area contributed by atoms with E-state index in [0.717, 1.165) is 31.2 Å². The Hall–Kier alpha value is -2.85. The first-order valence-electron chi connectivity index (χ1n) is 13.3. The Morgan fingerprint density at radius 2 is 1.84 bits per heavy atom. The lowest BCUT2D eigenvalue weighted by Gasteiger charge is -2.29. The fraction of sp³-hybridized carbons (Fsp3) is 0.667. The number of carboxylic acids is 1. The van der Waals surface area contributed by atoms with E-state index in [0.29, 0.717) is 49.7 Å². The number of benzene rings is 1. The summed E-state index contributed by atoms with van der Waals surface area (Å²) in [5.74, 6) is -1.39. The molecule has 1 aromatic rings. The summed E-state index contributed by atoms with van der Waals surface area (Å²) in [5, 5.41) is 23.0. The van der Waals surface area contributed by atoms with Crippen molar-refractivity contribution in [2.24, 2.45) is 5.92 Å². The van der Waals surface area contributed by atoms with Gasteiger partial charge in [0.2, 0.25) is 18.6 Å². The van der Waals surface area contributed by atoms with E-state index in [-0.39, 0.29) is 31.8 Å². The lowest BCUT2D eigenvalue weighted by atomic mass is 9.83. The van der Waals surface area contributed by atoms with Crippen molar-refractivity contribution in [3.63, 3.8) is 0 Å². The molecule has 2 heterocycles. The van der Waals surface area contributed by atoms with Gasteiger partial charge in [0.25, 0.3) is 0 Å². The van der Waals surface area contributed by atoms with Crippen molar-refractivity contribution in [1.29, 1.82) is 0 Å². The number of hydrogen-bond donors (Lipinski definition) is 3. The zero-order valence-corrected chi connectivity index (χ0v) is 22.2. The Morgan fingerprint density at radius 3 is 2.43 bits per heavy atom. The average Bonchev–Trinajstić information content (AvgIpc) is 3.48. The molecule has 10 heteroatoms. The van der Waals surface area contributed by atoms with Crippen LogP contribution in [0.1, 0.15) is 69.9 Å². The summed E-state index contributed by atoms with van der Waals surface area (Å²) in [6.07, 6.45) is 4.21. The first-order valence-corrected chi connectivity index (χ1v) is 13.3. The molecule has 206 valence electrons. The minimum Gasteiger partial charge on any atom is -0.481 e. The van der Waals surface area contributed by atoms with E-state index in [1.54, 1.807) is 12.1 Å². The van der Waals surface area contributed by atoms with Crippen molar-refractivity contribution in [1.82, 2.24) is 15.1 Å². The summed E-state index contributed by atoms with van der Waals surface area (Å²) < 4.78 is 11.0. The minimum absolute atomic E-state index is 0.00190. The molecule has 1 fully saturated rings. The Bertz CT molecular complexity index is 946. The number of carbonyl (C=O) groups excluding carboxylic acids is 2. The molecule has 10 nitrogen and oxygen atoms in total. The van der Waals surface area contributed by atoms with Gasteiger partial charge in [-0.15, -0.1) is 0 Å². The number of rotatable bonds is 14. The van der Waals surface area contributed by atoms with Gasteiger partial charge in [-0.05, 0) is 37.0 Å². The summed E-state index contributed by atoms with van der Waals surface area (Å²) >= 11 is 0. The van der Waals surface area contributed by atoms with Gasteiger partial charge >= 0.3 is 5.97 Å². The largest absolute Gasteiger partial charge is 0.481 e. The number of fused-ring (bicyclic) bond motifs is 1.